The maximum atomic E-state index is 12.8. The van der Waals surface area contributed by atoms with Crippen molar-refractivity contribution in [3.05, 3.63) is 82.5 Å². The lowest BCUT2D eigenvalue weighted by Gasteiger charge is -2.07. The van der Waals surface area contributed by atoms with Gasteiger partial charge in [0.2, 0.25) is 0 Å². The van der Waals surface area contributed by atoms with Crippen LogP contribution in [0.1, 0.15) is 24.5 Å². The van der Waals surface area contributed by atoms with Crippen molar-refractivity contribution >= 4 is 17.2 Å². The largest absolute Gasteiger partial charge is 0.507 e. The molecule has 0 bridgehead atoms. The minimum absolute atomic E-state index is 0.111. The summed E-state index contributed by atoms with van der Waals surface area (Å²) >= 11 is 0. The second kappa shape index (κ2) is 7.37. The van der Waals surface area contributed by atoms with Crippen LogP contribution in [0.3, 0.4) is 0 Å². The zero-order valence-corrected chi connectivity index (χ0v) is 12.7. The number of hydrogen-bond donors (Lipinski definition) is 1. The second-order valence-corrected chi connectivity index (χ2v) is 5.19. The SMILES string of the molecule is [C-]#[N+]c1cccc(/C(O)=C(\C)C(=O)CCc2ccc(F)cc2)c1. The first-order valence-electron chi connectivity index (χ1n) is 7.16. The molecule has 3 nitrogen and oxygen atoms in total. The number of allylic oxidation sites excluding steroid dienone is 1. The molecule has 0 spiro atoms. The molecule has 1 N–H and O–H groups in total. The minimum Gasteiger partial charge on any atom is -0.507 e. The summed E-state index contributed by atoms with van der Waals surface area (Å²) in [6.45, 7) is 8.55. The van der Waals surface area contributed by atoms with Gasteiger partial charge in [-0.2, -0.15) is 0 Å². The Labute approximate surface area is 134 Å². The summed E-state index contributed by atoms with van der Waals surface area (Å²) in [4.78, 5) is 15.5. The summed E-state index contributed by atoms with van der Waals surface area (Å²) < 4.78 is 12.8. The Morgan fingerprint density at radius 3 is 2.57 bits per heavy atom. The normalized spacial score (nSPS) is 11.5. The molecule has 116 valence electrons. The summed E-state index contributed by atoms with van der Waals surface area (Å²) in [5.41, 5.74) is 1.98. The van der Waals surface area contributed by atoms with Crippen LogP contribution >= 0.6 is 0 Å². The zero-order valence-electron chi connectivity index (χ0n) is 12.7. The zero-order chi connectivity index (χ0) is 16.8. The molecule has 0 unspecified atom stereocenters. The molecule has 4 heteroatoms. The van der Waals surface area contributed by atoms with Crippen molar-refractivity contribution in [2.75, 3.05) is 0 Å². The third kappa shape index (κ3) is 4.27. The lowest BCUT2D eigenvalue weighted by atomic mass is 10.0. The van der Waals surface area contributed by atoms with Gasteiger partial charge in [0.15, 0.2) is 11.5 Å². The van der Waals surface area contributed by atoms with Gasteiger partial charge in [0.1, 0.15) is 11.6 Å². The number of Topliss-reactive ketones (excluding diaryl/α,β-unsaturated/α-hetero) is 1. The standard InChI is InChI=1S/C19H16FNO2/c1-13(19(23)15-4-3-5-17(12-15)21-2)18(22)11-8-14-6-9-16(20)10-7-14/h3-7,9-10,12,23H,8,11H2,1H3/b19-13-. The predicted octanol–water partition coefficient (Wildman–Crippen LogP) is 4.87. The van der Waals surface area contributed by atoms with E-state index in [0.717, 1.165) is 5.56 Å². The van der Waals surface area contributed by atoms with E-state index in [2.05, 4.69) is 4.85 Å². The molecule has 0 atom stereocenters. The lowest BCUT2D eigenvalue weighted by molar-refractivity contribution is -0.115. The number of halogens is 1. The van der Waals surface area contributed by atoms with Crippen molar-refractivity contribution in [1.82, 2.24) is 0 Å². The summed E-state index contributed by atoms with van der Waals surface area (Å²) in [5, 5.41) is 10.2. The van der Waals surface area contributed by atoms with Crippen LogP contribution in [0.4, 0.5) is 10.1 Å². The smallest absolute Gasteiger partial charge is 0.187 e. The molecule has 2 aromatic carbocycles. The Bertz CT molecular complexity index is 786. The molecule has 0 aliphatic rings. The third-order valence-corrected chi connectivity index (χ3v) is 3.58. The molecule has 2 aromatic rings. The number of aliphatic hydroxyl groups excluding tert-OH is 1. The molecule has 23 heavy (non-hydrogen) atoms. The van der Waals surface area contributed by atoms with E-state index in [1.165, 1.54) is 12.1 Å². The topological polar surface area (TPSA) is 41.7 Å². The average Bonchev–Trinajstić information content (AvgIpc) is 2.59. The van der Waals surface area contributed by atoms with E-state index < -0.39 is 0 Å². The quantitative estimate of drug-likeness (QED) is 0.486. The molecular weight excluding hydrogens is 293 g/mol. The molecule has 0 heterocycles. The van der Waals surface area contributed by atoms with E-state index in [1.807, 2.05) is 0 Å². The Morgan fingerprint density at radius 1 is 1.22 bits per heavy atom. The van der Waals surface area contributed by atoms with Gasteiger partial charge in [-0.15, -0.1) is 0 Å². The maximum absolute atomic E-state index is 12.8. The van der Waals surface area contributed by atoms with Crippen LogP contribution in [0.5, 0.6) is 0 Å². The van der Waals surface area contributed by atoms with Crippen LogP contribution in [-0.2, 0) is 11.2 Å². The number of carbonyl (C=O) groups is 1. The first-order chi connectivity index (χ1) is 11.0. The molecule has 0 aliphatic heterocycles. The number of nitrogens with zero attached hydrogens (tertiary/aromatic N) is 1. The van der Waals surface area contributed by atoms with Crippen LogP contribution in [0.15, 0.2) is 54.1 Å². The van der Waals surface area contributed by atoms with Gasteiger partial charge in [-0.3, -0.25) is 4.79 Å². The summed E-state index contributed by atoms with van der Waals surface area (Å²) in [5.74, 6) is -0.604. The van der Waals surface area contributed by atoms with Gasteiger partial charge >= 0.3 is 0 Å². The summed E-state index contributed by atoms with van der Waals surface area (Å²) in [6, 6.07) is 12.5. The highest BCUT2D eigenvalue weighted by atomic mass is 19.1. The van der Waals surface area contributed by atoms with E-state index in [9.17, 15) is 14.3 Å². The van der Waals surface area contributed by atoms with Gasteiger partial charge in [-0.1, -0.05) is 30.3 Å². The fourth-order valence-corrected chi connectivity index (χ4v) is 2.17. The van der Waals surface area contributed by atoms with Crippen LogP contribution in [0.25, 0.3) is 10.6 Å². The van der Waals surface area contributed by atoms with Crippen molar-refractivity contribution < 1.29 is 14.3 Å². The molecular formula is C19H16FNO2. The average molecular weight is 309 g/mol. The minimum atomic E-state index is -0.312. The number of aliphatic hydroxyl groups is 1. The second-order valence-electron chi connectivity index (χ2n) is 5.19. The molecule has 0 saturated carbocycles. The highest BCUT2D eigenvalue weighted by molar-refractivity contribution is 6.00. The van der Waals surface area contributed by atoms with Gasteiger partial charge in [0.25, 0.3) is 0 Å². The summed E-state index contributed by atoms with van der Waals surface area (Å²) in [6.07, 6.45) is 0.704. The summed E-state index contributed by atoms with van der Waals surface area (Å²) in [7, 11) is 0. The van der Waals surface area contributed by atoms with Crippen molar-refractivity contribution in [2.45, 2.75) is 19.8 Å². The fraction of sp³-hybridized carbons (Fsp3) is 0.158. The van der Waals surface area contributed by atoms with Crippen LogP contribution < -0.4 is 0 Å². The van der Waals surface area contributed by atoms with E-state index in [1.54, 1.807) is 43.3 Å². The van der Waals surface area contributed by atoms with Crippen molar-refractivity contribution in [3.63, 3.8) is 0 Å². The molecule has 0 saturated heterocycles. The number of hydrogen-bond acceptors (Lipinski definition) is 2. The number of carbonyl (C=O) groups excluding carboxylic acids is 1. The van der Waals surface area contributed by atoms with Crippen LogP contribution in [0, 0.1) is 12.4 Å². The predicted molar refractivity (Wildman–Crippen MR) is 87.7 cm³/mol. The fourth-order valence-electron chi connectivity index (χ4n) is 2.17. The van der Waals surface area contributed by atoms with E-state index in [0.29, 0.717) is 17.7 Å². The van der Waals surface area contributed by atoms with Crippen molar-refractivity contribution in [3.8, 4) is 0 Å². The van der Waals surface area contributed by atoms with Gasteiger partial charge in [0.05, 0.1) is 6.57 Å². The van der Waals surface area contributed by atoms with E-state index >= 15 is 0 Å². The van der Waals surface area contributed by atoms with Crippen molar-refractivity contribution in [2.24, 2.45) is 0 Å². The molecule has 2 rings (SSSR count). The maximum Gasteiger partial charge on any atom is 0.187 e. The third-order valence-electron chi connectivity index (χ3n) is 3.58. The van der Waals surface area contributed by atoms with Gasteiger partial charge in [-0.05, 0) is 37.1 Å². The Hall–Kier alpha value is -2.93. The van der Waals surface area contributed by atoms with Crippen LogP contribution in [-0.4, -0.2) is 10.9 Å². The van der Waals surface area contributed by atoms with Gasteiger partial charge in [0, 0.05) is 17.6 Å². The first-order valence-corrected chi connectivity index (χ1v) is 7.16. The first kappa shape index (κ1) is 16.4. The van der Waals surface area contributed by atoms with Crippen LogP contribution in [0.2, 0.25) is 0 Å². The highest BCUT2D eigenvalue weighted by Crippen LogP contribution is 2.22. The van der Waals surface area contributed by atoms with Gasteiger partial charge in [-0.25, -0.2) is 9.24 Å². The lowest BCUT2D eigenvalue weighted by Crippen LogP contribution is -2.04. The Morgan fingerprint density at radius 2 is 1.91 bits per heavy atom. The molecule has 0 fully saturated rings. The Balaban J connectivity index is 2.10. The molecule has 0 aromatic heterocycles. The number of rotatable bonds is 5. The molecule has 0 aliphatic carbocycles. The highest BCUT2D eigenvalue weighted by Gasteiger charge is 2.12. The van der Waals surface area contributed by atoms with E-state index in [4.69, 9.17) is 6.57 Å². The van der Waals surface area contributed by atoms with Crippen molar-refractivity contribution in [1.29, 1.82) is 0 Å². The van der Waals surface area contributed by atoms with Gasteiger partial charge < -0.3 is 5.11 Å². The Kier molecular flexibility index (Phi) is 5.27. The number of ketones is 1. The molecule has 0 radical (unpaired) electrons. The number of aryl methyl sites for hydroxylation is 1. The monoisotopic (exact) mass is 309 g/mol. The van der Waals surface area contributed by atoms with E-state index in [-0.39, 0.29) is 29.4 Å². The molecule has 0 amide bonds. The number of benzene rings is 2.